The Morgan fingerprint density at radius 3 is 2.62 bits per heavy atom. The zero-order valence-electron chi connectivity index (χ0n) is 9.78. The van der Waals surface area contributed by atoms with Gasteiger partial charge in [-0.05, 0) is 12.8 Å². The van der Waals surface area contributed by atoms with E-state index in [1.54, 1.807) is 7.11 Å². The summed E-state index contributed by atoms with van der Waals surface area (Å²) in [5.41, 5.74) is 0. The van der Waals surface area contributed by atoms with Crippen LogP contribution in [0.2, 0.25) is 0 Å². The number of amides is 2. The summed E-state index contributed by atoms with van der Waals surface area (Å²) in [5.74, 6) is -0.854. The number of carbonyl (C=O) groups excluding carboxylic acids is 1. The van der Waals surface area contributed by atoms with Crippen LogP contribution in [0.3, 0.4) is 0 Å². The third-order valence-electron chi connectivity index (χ3n) is 2.05. The van der Waals surface area contributed by atoms with Crippen LogP contribution >= 0.6 is 0 Å². The number of methoxy groups -OCH3 is 1. The molecule has 3 N–H and O–H groups in total. The van der Waals surface area contributed by atoms with Crippen LogP contribution in [0.4, 0.5) is 4.79 Å². The summed E-state index contributed by atoms with van der Waals surface area (Å²) in [4.78, 5) is 21.5. The molecule has 0 rings (SSSR count). The van der Waals surface area contributed by atoms with Crippen LogP contribution in [0.5, 0.6) is 0 Å². The average molecular weight is 232 g/mol. The molecule has 1 unspecified atom stereocenters. The molecule has 0 aliphatic rings. The van der Waals surface area contributed by atoms with E-state index < -0.39 is 5.97 Å². The fourth-order valence-electron chi connectivity index (χ4n) is 1.14. The summed E-state index contributed by atoms with van der Waals surface area (Å²) < 4.78 is 4.93. The quantitative estimate of drug-likeness (QED) is 0.534. The zero-order chi connectivity index (χ0) is 12.4. The Kier molecular flexibility index (Phi) is 8.24. The lowest BCUT2D eigenvalue weighted by atomic mass is 10.2. The number of carboxylic acid groups (broad SMARTS) is 1. The lowest BCUT2D eigenvalue weighted by Gasteiger charge is -2.16. The summed E-state index contributed by atoms with van der Waals surface area (Å²) >= 11 is 0. The molecule has 0 saturated carbocycles. The highest BCUT2D eigenvalue weighted by Gasteiger charge is 2.09. The van der Waals surface area contributed by atoms with E-state index in [1.165, 1.54) is 0 Å². The average Bonchev–Trinajstić information content (AvgIpc) is 2.23. The van der Waals surface area contributed by atoms with Crippen molar-refractivity contribution in [3.8, 4) is 0 Å². The van der Waals surface area contributed by atoms with Crippen molar-refractivity contribution in [3.05, 3.63) is 0 Å². The van der Waals surface area contributed by atoms with Gasteiger partial charge in [-0.3, -0.25) is 4.79 Å². The van der Waals surface area contributed by atoms with Crippen molar-refractivity contribution < 1.29 is 19.4 Å². The maximum Gasteiger partial charge on any atom is 0.315 e. The van der Waals surface area contributed by atoms with E-state index in [2.05, 4.69) is 10.6 Å². The number of hydrogen-bond acceptors (Lipinski definition) is 3. The molecule has 1 atom stereocenters. The molecule has 0 aliphatic carbocycles. The lowest BCUT2D eigenvalue weighted by molar-refractivity contribution is -0.137. The maximum atomic E-state index is 11.3. The van der Waals surface area contributed by atoms with E-state index in [0.29, 0.717) is 19.6 Å². The van der Waals surface area contributed by atoms with Gasteiger partial charge in [0.25, 0.3) is 0 Å². The van der Waals surface area contributed by atoms with Gasteiger partial charge in [-0.2, -0.15) is 0 Å². The van der Waals surface area contributed by atoms with Crippen molar-refractivity contribution in [2.45, 2.75) is 32.2 Å². The number of carbonyl (C=O) groups is 2. The minimum Gasteiger partial charge on any atom is -0.481 e. The summed E-state index contributed by atoms with van der Waals surface area (Å²) in [6, 6.07) is -0.293. The topological polar surface area (TPSA) is 87.7 Å². The fraction of sp³-hybridized carbons (Fsp3) is 0.800. The van der Waals surface area contributed by atoms with Gasteiger partial charge in [0.2, 0.25) is 0 Å². The predicted molar refractivity (Wildman–Crippen MR) is 59.4 cm³/mol. The summed E-state index contributed by atoms with van der Waals surface area (Å²) in [5, 5.41) is 13.7. The number of carboxylic acids is 1. The number of ether oxygens (including phenoxy) is 1. The van der Waals surface area contributed by atoms with Gasteiger partial charge in [0, 0.05) is 20.1 Å². The van der Waals surface area contributed by atoms with Gasteiger partial charge in [0.15, 0.2) is 0 Å². The minimum absolute atomic E-state index is 0.00975. The Bertz CT molecular complexity index is 221. The highest BCUT2D eigenvalue weighted by Crippen LogP contribution is 1.91. The van der Waals surface area contributed by atoms with Crippen molar-refractivity contribution in [3.63, 3.8) is 0 Å². The third kappa shape index (κ3) is 8.05. The number of urea groups is 1. The number of rotatable bonds is 8. The highest BCUT2D eigenvalue weighted by molar-refractivity contribution is 5.74. The first-order chi connectivity index (χ1) is 7.60. The van der Waals surface area contributed by atoms with Crippen LogP contribution in [0.25, 0.3) is 0 Å². The van der Waals surface area contributed by atoms with Gasteiger partial charge in [0.1, 0.15) is 0 Å². The molecule has 0 radical (unpaired) electrons. The Morgan fingerprint density at radius 1 is 1.44 bits per heavy atom. The van der Waals surface area contributed by atoms with Crippen LogP contribution in [-0.2, 0) is 9.53 Å². The van der Waals surface area contributed by atoms with Crippen LogP contribution in [-0.4, -0.2) is 43.4 Å². The minimum atomic E-state index is -0.854. The van der Waals surface area contributed by atoms with Crippen molar-refractivity contribution in [1.29, 1.82) is 0 Å². The maximum absolute atomic E-state index is 11.3. The third-order valence-corrected chi connectivity index (χ3v) is 2.05. The zero-order valence-corrected chi connectivity index (χ0v) is 9.78. The SMILES string of the molecule is CCC(COC)NC(=O)NCCCC(=O)O. The van der Waals surface area contributed by atoms with Crippen molar-refractivity contribution in [2.24, 2.45) is 0 Å². The molecule has 94 valence electrons. The molecule has 0 aromatic rings. The van der Waals surface area contributed by atoms with Crippen LogP contribution in [0, 0.1) is 0 Å². The molecule has 16 heavy (non-hydrogen) atoms. The Labute approximate surface area is 95.4 Å². The largest absolute Gasteiger partial charge is 0.481 e. The van der Waals surface area contributed by atoms with Crippen LogP contribution < -0.4 is 10.6 Å². The fourth-order valence-corrected chi connectivity index (χ4v) is 1.14. The monoisotopic (exact) mass is 232 g/mol. The van der Waals surface area contributed by atoms with Gasteiger partial charge < -0.3 is 20.5 Å². The highest BCUT2D eigenvalue weighted by atomic mass is 16.5. The summed E-state index contributed by atoms with van der Waals surface area (Å²) in [6.07, 6.45) is 1.29. The number of nitrogens with one attached hydrogen (secondary N) is 2. The molecule has 0 spiro atoms. The molecule has 2 amide bonds. The Balaban J connectivity index is 3.60. The molecule has 0 bridgehead atoms. The first-order valence-corrected chi connectivity index (χ1v) is 5.35. The molecule has 0 saturated heterocycles. The van der Waals surface area contributed by atoms with E-state index in [-0.39, 0.29) is 18.5 Å². The van der Waals surface area contributed by atoms with Gasteiger partial charge in [-0.1, -0.05) is 6.92 Å². The second kappa shape index (κ2) is 8.96. The molecule has 6 nitrogen and oxygen atoms in total. The molecule has 0 aromatic carbocycles. The molecular formula is C10H20N2O4. The van der Waals surface area contributed by atoms with Gasteiger partial charge in [0.05, 0.1) is 12.6 Å². The van der Waals surface area contributed by atoms with E-state index in [4.69, 9.17) is 9.84 Å². The smallest absolute Gasteiger partial charge is 0.315 e. The normalized spacial score (nSPS) is 11.9. The first kappa shape index (κ1) is 14.7. The van der Waals surface area contributed by atoms with Gasteiger partial charge in [-0.15, -0.1) is 0 Å². The second-order valence-electron chi connectivity index (χ2n) is 3.46. The number of hydrogen-bond donors (Lipinski definition) is 3. The molecular weight excluding hydrogens is 212 g/mol. The molecule has 6 heteroatoms. The van der Waals surface area contributed by atoms with Crippen molar-refractivity contribution in [2.75, 3.05) is 20.3 Å². The van der Waals surface area contributed by atoms with Crippen LogP contribution in [0.15, 0.2) is 0 Å². The van der Waals surface area contributed by atoms with Crippen molar-refractivity contribution in [1.82, 2.24) is 10.6 Å². The summed E-state index contributed by atoms with van der Waals surface area (Å²) in [7, 11) is 1.58. The predicted octanol–water partition coefficient (Wildman–Crippen LogP) is 0.575. The first-order valence-electron chi connectivity index (χ1n) is 5.35. The molecule has 0 aliphatic heterocycles. The second-order valence-corrected chi connectivity index (χ2v) is 3.46. The molecule has 0 heterocycles. The van der Waals surface area contributed by atoms with E-state index >= 15 is 0 Å². The Hall–Kier alpha value is -1.30. The van der Waals surface area contributed by atoms with Gasteiger partial charge in [-0.25, -0.2) is 4.79 Å². The van der Waals surface area contributed by atoms with Crippen LogP contribution in [0.1, 0.15) is 26.2 Å². The van der Waals surface area contributed by atoms with E-state index in [1.807, 2.05) is 6.92 Å². The standard InChI is InChI=1S/C10H20N2O4/c1-3-8(7-16-2)12-10(15)11-6-4-5-9(13)14/h8H,3-7H2,1-2H3,(H,13,14)(H2,11,12,15). The Morgan fingerprint density at radius 2 is 2.12 bits per heavy atom. The number of aliphatic carboxylic acids is 1. The van der Waals surface area contributed by atoms with E-state index in [9.17, 15) is 9.59 Å². The summed E-state index contributed by atoms with van der Waals surface area (Å²) in [6.45, 7) is 2.79. The lowest BCUT2D eigenvalue weighted by Crippen LogP contribution is -2.44. The van der Waals surface area contributed by atoms with E-state index in [0.717, 1.165) is 6.42 Å². The molecule has 0 aromatic heterocycles. The van der Waals surface area contributed by atoms with Gasteiger partial charge >= 0.3 is 12.0 Å². The molecule has 0 fully saturated rings. The van der Waals surface area contributed by atoms with Crippen molar-refractivity contribution >= 4 is 12.0 Å².